The summed E-state index contributed by atoms with van der Waals surface area (Å²) >= 11 is 2.41. The van der Waals surface area contributed by atoms with Crippen LogP contribution in [0.3, 0.4) is 0 Å². The molecule has 1 aromatic carbocycles. The third-order valence-electron chi connectivity index (χ3n) is 5.00. The van der Waals surface area contributed by atoms with Gasteiger partial charge in [0.15, 0.2) is 0 Å². The van der Waals surface area contributed by atoms with Crippen molar-refractivity contribution in [3.8, 4) is 17.3 Å². The summed E-state index contributed by atoms with van der Waals surface area (Å²) in [5.41, 5.74) is 5.03. The van der Waals surface area contributed by atoms with E-state index in [1.165, 1.54) is 29.2 Å². The number of thiophene rings is 1. The van der Waals surface area contributed by atoms with E-state index in [1.807, 2.05) is 31.4 Å². The molecule has 0 aliphatic rings. The second-order valence-corrected chi connectivity index (χ2v) is 9.42. The first-order valence-electron chi connectivity index (χ1n) is 10.8. The number of ether oxygens (including phenoxy) is 2. The lowest BCUT2D eigenvalue weighted by Crippen LogP contribution is -2.09. The number of carbonyl (C=O) groups is 2. The highest BCUT2D eigenvalue weighted by atomic mass is 32.1. The summed E-state index contributed by atoms with van der Waals surface area (Å²) in [6, 6.07) is 8.29. The van der Waals surface area contributed by atoms with Crippen molar-refractivity contribution in [3.63, 3.8) is 0 Å². The van der Waals surface area contributed by atoms with E-state index >= 15 is 0 Å². The molecule has 35 heavy (non-hydrogen) atoms. The molecule has 2 aromatic heterocycles. The lowest BCUT2D eigenvalue weighted by molar-refractivity contribution is 0.0527. The Morgan fingerprint density at radius 1 is 1.23 bits per heavy atom. The van der Waals surface area contributed by atoms with Crippen molar-refractivity contribution < 1.29 is 19.1 Å². The SMILES string of the molecule is C=CCOC(=O)c1sc(NC=C(C#N)c2nc(-c3ccc(C)cc3C)cs2)c(C(=O)OCC)c1C. The summed E-state index contributed by atoms with van der Waals surface area (Å²) in [6.07, 6.45) is 2.95. The summed E-state index contributed by atoms with van der Waals surface area (Å²) in [5.74, 6) is -1.13. The first-order valence-corrected chi connectivity index (χ1v) is 12.5. The zero-order chi connectivity index (χ0) is 25.5. The van der Waals surface area contributed by atoms with Crippen LogP contribution in [-0.2, 0) is 9.47 Å². The van der Waals surface area contributed by atoms with Gasteiger partial charge in [0.2, 0.25) is 0 Å². The molecule has 9 heteroatoms. The highest BCUT2D eigenvalue weighted by Gasteiger charge is 2.26. The normalized spacial score (nSPS) is 11.0. The molecule has 2 heterocycles. The number of anilines is 1. The van der Waals surface area contributed by atoms with Gasteiger partial charge >= 0.3 is 11.9 Å². The van der Waals surface area contributed by atoms with Crippen LogP contribution in [0.2, 0.25) is 0 Å². The van der Waals surface area contributed by atoms with Crippen molar-refractivity contribution in [3.05, 3.63) is 74.6 Å². The molecule has 1 N–H and O–H groups in total. The number of nitriles is 1. The number of nitrogens with one attached hydrogen (secondary N) is 1. The minimum Gasteiger partial charge on any atom is -0.462 e. The van der Waals surface area contributed by atoms with Crippen molar-refractivity contribution in [1.29, 1.82) is 5.26 Å². The molecule has 7 nitrogen and oxygen atoms in total. The van der Waals surface area contributed by atoms with Gasteiger partial charge in [-0.25, -0.2) is 14.6 Å². The quantitative estimate of drug-likeness (QED) is 0.206. The maximum atomic E-state index is 12.6. The molecule has 0 spiro atoms. The molecule has 0 atom stereocenters. The predicted octanol–water partition coefficient (Wildman–Crippen LogP) is 6.29. The highest BCUT2D eigenvalue weighted by molar-refractivity contribution is 7.18. The summed E-state index contributed by atoms with van der Waals surface area (Å²) in [4.78, 5) is 30.0. The molecule has 0 saturated heterocycles. The van der Waals surface area contributed by atoms with E-state index < -0.39 is 11.9 Å². The summed E-state index contributed by atoms with van der Waals surface area (Å²) in [5, 5.41) is 15.6. The van der Waals surface area contributed by atoms with Crippen molar-refractivity contribution in [2.24, 2.45) is 0 Å². The Labute approximate surface area is 212 Å². The Hall–Kier alpha value is -3.74. The molecule has 0 saturated carbocycles. The van der Waals surface area contributed by atoms with E-state index in [1.54, 1.807) is 13.8 Å². The van der Waals surface area contributed by atoms with E-state index in [-0.39, 0.29) is 23.7 Å². The number of thiazole rings is 1. The molecule has 180 valence electrons. The lowest BCUT2D eigenvalue weighted by Gasteiger charge is -2.05. The molecule has 0 radical (unpaired) electrons. The number of benzene rings is 1. The van der Waals surface area contributed by atoms with Crippen LogP contribution in [0, 0.1) is 32.1 Å². The number of esters is 2. The second kappa shape index (κ2) is 11.6. The van der Waals surface area contributed by atoms with Crippen LogP contribution in [0.15, 0.2) is 42.4 Å². The Morgan fingerprint density at radius 2 is 2.00 bits per heavy atom. The van der Waals surface area contributed by atoms with Gasteiger partial charge in [0.1, 0.15) is 33.1 Å². The van der Waals surface area contributed by atoms with Gasteiger partial charge in [0.05, 0.1) is 17.9 Å². The maximum absolute atomic E-state index is 12.6. The van der Waals surface area contributed by atoms with Gasteiger partial charge in [0, 0.05) is 17.1 Å². The van der Waals surface area contributed by atoms with Gasteiger partial charge in [-0.3, -0.25) is 0 Å². The van der Waals surface area contributed by atoms with Gasteiger partial charge < -0.3 is 14.8 Å². The molecule has 3 aromatic rings. The van der Waals surface area contributed by atoms with E-state index in [0.29, 0.717) is 21.1 Å². The molecule has 0 unspecified atom stereocenters. The number of allylic oxidation sites excluding steroid dienone is 1. The Bertz CT molecular complexity index is 1350. The number of aryl methyl sites for hydroxylation is 2. The fourth-order valence-corrected chi connectivity index (χ4v) is 5.20. The third-order valence-corrected chi connectivity index (χ3v) is 7.08. The van der Waals surface area contributed by atoms with Crippen LogP contribution in [-0.4, -0.2) is 30.1 Å². The molecule has 3 rings (SSSR count). The van der Waals surface area contributed by atoms with Crippen LogP contribution in [0.25, 0.3) is 16.8 Å². The van der Waals surface area contributed by atoms with E-state index in [4.69, 9.17) is 9.47 Å². The van der Waals surface area contributed by atoms with E-state index in [2.05, 4.69) is 29.0 Å². The minimum absolute atomic E-state index is 0.0546. The van der Waals surface area contributed by atoms with Crippen molar-refractivity contribution in [1.82, 2.24) is 4.98 Å². The zero-order valence-electron chi connectivity index (χ0n) is 19.9. The Balaban J connectivity index is 1.94. The summed E-state index contributed by atoms with van der Waals surface area (Å²) in [7, 11) is 0. The van der Waals surface area contributed by atoms with Gasteiger partial charge in [-0.15, -0.1) is 22.7 Å². The molecule has 0 aliphatic heterocycles. The monoisotopic (exact) mass is 507 g/mol. The van der Waals surface area contributed by atoms with Crippen molar-refractivity contribution >= 4 is 45.2 Å². The van der Waals surface area contributed by atoms with Crippen molar-refractivity contribution in [2.45, 2.75) is 27.7 Å². The molecular formula is C26H25N3O4S2. The average Bonchev–Trinajstić information content (AvgIpc) is 3.43. The smallest absolute Gasteiger partial charge is 0.348 e. The van der Waals surface area contributed by atoms with Crippen LogP contribution in [0.5, 0.6) is 0 Å². The largest absolute Gasteiger partial charge is 0.462 e. The summed E-state index contributed by atoms with van der Waals surface area (Å²) < 4.78 is 10.3. The van der Waals surface area contributed by atoms with Crippen LogP contribution in [0.1, 0.15) is 48.7 Å². The average molecular weight is 508 g/mol. The van der Waals surface area contributed by atoms with Crippen molar-refractivity contribution in [2.75, 3.05) is 18.5 Å². The van der Waals surface area contributed by atoms with E-state index in [9.17, 15) is 14.9 Å². The first-order chi connectivity index (χ1) is 16.8. The molecule has 0 bridgehead atoms. The standard InChI is InChI=1S/C26H25N3O4S2/c1-6-10-33-26(31)22-17(5)21(25(30)32-7-2)24(35-22)28-13-18(12-27)23-29-20(14-34-23)19-9-8-15(3)11-16(19)4/h6,8-9,11,13-14,28H,1,7,10H2,2-5H3. The second-order valence-electron chi connectivity index (χ2n) is 7.54. The first kappa shape index (κ1) is 25.9. The number of hydrogen-bond donors (Lipinski definition) is 1. The maximum Gasteiger partial charge on any atom is 0.348 e. The fourth-order valence-electron chi connectivity index (χ4n) is 3.36. The predicted molar refractivity (Wildman–Crippen MR) is 140 cm³/mol. The Morgan fingerprint density at radius 3 is 2.66 bits per heavy atom. The van der Waals surface area contributed by atoms with Crippen LogP contribution in [0.4, 0.5) is 5.00 Å². The topological polar surface area (TPSA) is 101 Å². The third kappa shape index (κ3) is 5.85. The summed E-state index contributed by atoms with van der Waals surface area (Å²) in [6.45, 7) is 11.2. The van der Waals surface area contributed by atoms with Gasteiger partial charge in [-0.2, -0.15) is 5.26 Å². The number of rotatable bonds is 9. The van der Waals surface area contributed by atoms with Gasteiger partial charge in [-0.05, 0) is 38.8 Å². The fraction of sp³-hybridized carbons (Fsp3) is 0.231. The lowest BCUT2D eigenvalue weighted by atomic mass is 10.0. The highest BCUT2D eigenvalue weighted by Crippen LogP contribution is 2.35. The molecule has 0 aliphatic carbocycles. The molecular weight excluding hydrogens is 482 g/mol. The van der Waals surface area contributed by atoms with Gasteiger partial charge in [-0.1, -0.05) is 36.4 Å². The minimum atomic E-state index is -0.565. The van der Waals surface area contributed by atoms with Crippen LogP contribution >= 0.6 is 22.7 Å². The molecule has 0 amide bonds. The van der Waals surface area contributed by atoms with Gasteiger partial charge in [0.25, 0.3) is 0 Å². The van der Waals surface area contributed by atoms with E-state index in [0.717, 1.165) is 28.2 Å². The number of carbonyl (C=O) groups excluding carboxylic acids is 2. The molecule has 0 fully saturated rings. The Kier molecular flexibility index (Phi) is 8.58. The number of nitrogens with zero attached hydrogens (tertiary/aromatic N) is 2. The zero-order valence-corrected chi connectivity index (χ0v) is 21.6. The van der Waals surface area contributed by atoms with Crippen LogP contribution < -0.4 is 5.32 Å². The number of hydrogen-bond acceptors (Lipinski definition) is 9. The number of aromatic nitrogens is 1.